The van der Waals surface area contributed by atoms with E-state index in [1.165, 1.54) is 22.8 Å². The van der Waals surface area contributed by atoms with E-state index < -0.39 is 23.5 Å². The summed E-state index contributed by atoms with van der Waals surface area (Å²) in [4.78, 5) is 13.2. The number of nitrogens with zero attached hydrogens (tertiary/aromatic N) is 3. The van der Waals surface area contributed by atoms with Crippen molar-refractivity contribution in [3.05, 3.63) is 81.3 Å². The highest BCUT2D eigenvalue weighted by Gasteiger charge is 2.38. The van der Waals surface area contributed by atoms with Crippen LogP contribution in [0.25, 0.3) is 32.0 Å². The minimum atomic E-state index is -4.82. The van der Waals surface area contributed by atoms with Gasteiger partial charge in [0.1, 0.15) is 22.0 Å². The number of ether oxygens (including phenoxy) is 1. The third kappa shape index (κ3) is 5.00. The fourth-order valence-electron chi connectivity index (χ4n) is 4.37. The van der Waals surface area contributed by atoms with Crippen molar-refractivity contribution in [3.63, 3.8) is 0 Å². The van der Waals surface area contributed by atoms with Gasteiger partial charge in [-0.15, -0.1) is 21.5 Å². The Bertz CT molecular complexity index is 1810. The van der Waals surface area contributed by atoms with Gasteiger partial charge in [0, 0.05) is 29.8 Å². The number of benzene rings is 2. The van der Waals surface area contributed by atoms with Crippen LogP contribution in [0.15, 0.2) is 51.8 Å². The van der Waals surface area contributed by atoms with Gasteiger partial charge in [0.25, 0.3) is 11.4 Å². The van der Waals surface area contributed by atoms with E-state index in [2.05, 4.69) is 10.2 Å². The standard InChI is InChI=1S/C28H23F4N3O4S/c1-13-8-16(29)9-14(2)22(13)38-20-7-6-15(27(3,4)37)10-17(20)19-12-35(5)25(36)23-18(19)11-21(40-23)24-33-34-26(39-24)28(30,31)32/h6-12,37H,1-5H3. The van der Waals surface area contributed by atoms with Crippen LogP contribution in [0.2, 0.25) is 0 Å². The van der Waals surface area contributed by atoms with Crippen molar-refractivity contribution in [2.24, 2.45) is 7.05 Å². The van der Waals surface area contributed by atoms with E-state index >= 15 is 0 Å². The molecule has 3 heterocycles. The molecule has 5 rings (SSSR count). The first kappa shape index (κ1) is 27.5. The van der Waals surface area contributed by atoms with Crippen molar-refractivity contribution in [3.8, 4) is 33.4 Å². The lowest BCUT2D eigenvalue weighted by molar-refractivity contribution is -0.156. The molecule has 2 aromatic carbocycles. The number of rotatable bonds is 5. The second kappa shape index (κ2) is 9.56. The number of aliphatic hydroxyl groups is 1. The van der Waals surface area contributed by atoms with Crippen LogP contribution in [0.3, 0.4) is 0 Å². The number of pyridine rings is 1. The van der Waals surface area contributed by atoms with Crippen LogP contribution in [0.5, 0.6) is 11.5 Å². The van der Waals surface area contributed by atoms with E-state index in [9.17, 15) is 27.5 Å². The van der Waals surface area contributed by atoms with E-state index in [-0.39, 0.29) is 21.0 Å². The van der Waals surface area contributed by atoms with Gasteiger partial charge in [-0.25, -0.2) is 4.39 Å². The molecule has 0 aliphatic rings. The van der Waals surface area contributed by atoms with Gasteiger partial charge in [0.15, 0.2) is 0 Å². The molecule has 3 aromatic heterocycles. The second-order valence-corrected chi connectivity index (χ2v) is 11.0. The summed E-state index contributed by atoms with van der Waals surface area (Å²) in [6, 6.07) is 9.30. The number of aryl methyl sites for hydroxylation is 3. The zero-order valence-corrected chi connectivity index (χ0v) is 22.8. The van der Waals surface area contributed by atoms with Gasteiger partial charge in [-0.2, -0.15) is 13.2 Å². The highest BCUT2D eigenvalue weighted by Crippen LogP contribution is 2.43. The third-order valence-electron chi connectivity index (χ3n) is 6.35. The fourth-order valence-corrected chi connectivity index (χ4v) is 5.44. The molecule has 0 aliphatic heterocycles. The van der Waals surface area contributed by atoms with Crippen LogP contribution in [0, 0.1) is 19.7 Å². The summed E-state index contributed by atoms with van der Waals surface area (Å²) in [6.45, 7) is 6.67. The topological polar surface area (TPSA) is 90.4 Å². The van der Waals surface area contributed by atoms with Gasteiger partial charge in [0.2, 0.25) is 0 Å². The molecule has 12 heteroatoms. The lowest BCUT2D eigenvalue weighted by atomic mass is 9.93. The Morgan fingerprint density at radius 3 is 2.30 bits per heavy atom. The Labute approximate surface area is 229 Å². The quantitative estimate of drug-likeness (QED) is 0.225. The van der Waals surface area contributed by atoms with E-state index in [0.717, 1.165) is 11.3 Å². The maximum atomic E-state index is 13.9. The molecule has 5 aromatic rings. The summed E-state index contributed by atoms with van der Waals surface area (Å²) in [5.74, 6) is -1.47. The van der Waals surface area contributed by atoms with Crippen molar-refractivity contribution >= 4 is 21.4 Å². The van der Waals surface area contributed by atoms with E-state index in [1.807, 2.05) is 0 Å². The molecular formula is C28H23F4N3O4S. The molecule has 0 unspecified atom stereocenters. The maximum Gasteiger partial charge on any atom is 0.470 e. The van der Waals surface area contributed by atoms with Gasteiger partial charge in [-0.05, 0) is 74.7 Å². The normalized spacial score (nSPS) is 12.3. The molecule has 0 atom stereocenters. The Kier molecular flexibility index (Phi) is 6.58. The van der Waals surface area contributed by atoms with Crippen LogP contribution < -0.4 is 10.3 Å². The van der Waals surface area contributed by atoms with Crippen molar-refractivity contribution in [1.82, 2.24) is 14.8 Å². The zero-order valence-electron chi connectivity index (χ0n) is 22.0. The number of hydrogen-bond acceptors (Lipinski definition) is 7. The molecule has 0 amide bonds. The number of thiophene rings is 1. The summed E-state index contributed by atoms with van der Waals surface area (Å²) in [7, 11) is 1.55. The van der Waals surface area contributed by atoms with Crippen LogP contribution in [-0.2, 0) is 18.8 Å². The Morgan fingerprint density at radius 2 is 1.70 bits per heavy atom. The Balaban J connectivity index is 1.75. The number of fused-ring (bicyclic) bond motifs is 1. The molecule has 0 bridgehead atoms. The van der Waals surface area contributed by atoms with Crippen LogP contribution in [0.1, 0.15) is 36.4 Å². The lowest BCUT2D eigenvalue weighted by Crippen LogP contribution is -2.16. The highest BCUT2D eigenvalue weighted by atomic mass is 32.1. The molecule has 0 saturated heterocycles. The first-order valence-corrected chi connectivity index (χ1v) is 12.8. The Morgan fingerprint density at radius 1 is 1.02 bits per heavy atom. The molecule has 0 radical (unpaired) electrons. The van der Waals surface area contributed by atoms with Crippen LogP contribution >= 0.6 is 11.3 Å². The van der Waals surface area contributed by atoms with Gasteiger partial charge >= 0.3 is 12.1 Å². The van der Waals surface area contributed by atoms with Crippen molar-refractivity contribution in [2.75, 3.05) is 0 Å². The minimum absolute atomic E-state index is 0.175. The monoisotopic (exact) mass is 573 g/mol. The zero-order chi connectivity index (χ0) is 29.1. The lowest BCUT2D eigenvalue weighted by Gasteiger charge is -2.22. The molecule has 0 saturated carbocycles. The molecule has 40 heavy (non-hydrogen) atoms. The number of halogens is 4. The largest absolute Gasteiger partial charge is 0.470 e. The summed E-state index contributed by atoms with van der Waals surface area (Å²) < 4.78 is 65.9. The average molecular weight is 574 g/mol. The van der Waals surface area contributed by atoms with Gasteiger partial charge < -0.3 is 18.8 Å². The van der Waals surface area contributed by atoms with E-state index in [4.69, 9.17) is 9.15 Å². The maximum absolute atomic E-state index is 13.9. The first-order valence-electron chi connectivity index (χ1n) is 12.0. The first-order chi connectivity index (χ1) is 18.6. The number of alkyl halides is 3. The predicted octanol–water partition coefficient (Wildman–Crippen LogP) is 7.11. The highest BCUT2D eigenvalue weighted by molar-refractivity contribution is 7.22. The van der Waals surface area contributed by atoms with Gasteiger partial charge in [-0.3, -0.25) is 4.79 Å². The molecule has 0 fully saturated rings. The summed E-state index contributed by atoms with van der Waals surface area (Å²) in [5.41, 5.74) is 1.07. The van der Waals surface area contributed by atoms with Crippen molar-refractivity contribution in [1.29, 1.82) is 0 Å². The number of aromatic nitrogens is 3. The van der Waals surface area contributed by atoms with Crippen molar-refractivity contribution in [2.45, 2.75) is 39.5 Å². The van der Waals surface area contributed by atoms with Crippen molar-refractivity contribution < 1.29 is 31.8 Å². The van der Waals surface area contributed by atoms with Gasteiger partial charge in [-0.1, -0.05) is 6.07 Å². The molecule has 208 valence electrons. The third-order valence-corrected chi connectivity index (χ3v) is 7.46. The smallest absolute Gasteiger partial charge is 0.456 e. The second-order valence-electron chi connectivity index (χ2n) is 9.96. The van der Waals surface area contributed by atoms with E-state index in [0.29, 0.717) is 44.7 Å². The predicted molar refractivity (Wildman–Crippen MR) is 142 cm³/mol. The minimum Gasteiger partial charge on any atom is -0.456 e. The Hall–Kier alpha value is -4.03. The summed E-state index contributed by atoms with van der Waals surface area (Å²) >= 11 is 0.921. The van der Waals surface area contributed by atoms with Crippen LogP contribution in [-0.4, -0.2) is 19.9 Å². The number of hydrogen-bond donors (Lipinski definition) is 1. The molecule has 7 nitrogen and oxygen atoms in total. The van der Waals surface area contributed by atoms with Crippen LogP contribution in [0.4, 0.5) is 17.6 Å². The summed E-state index contributed by atoms with van der Waals surface area (Å²) in [5, 5.41) is 17.8. The SMILES string of the molecule is Cc1cc(F)cc(C)c1Oc1ccc(C(C)(C)O)cc1-c1cn(C)c(=O)c2sc(-c3nnc(C(F)(F)F)o3)cc12. The molecule has 0 spiro atoms. The fraction of sp³-hybridized carbons (Fsp3) is 0.250. The molecule has 1 N–H and O–H groups in total. The van der Waals surface area contributed by atoms with Gasteiger partial charge in [0.05, 0.1) is 10.5 Å². The average Bonchev–Trinajstić information content (AvgIpc) is 3.51. The van der Waals surface area contributed by atoms with E-state index in [1.54, 1.807) is 59.1 Å². The molecule has 0 aliphatic carbocycles. The summed E-state index contributed by atoms with van der Waals surface area (Å²) in [6.07, 6.45) is -3.24. The molecular weight excluding hydrogens is 550 g/mol.